The molecule has 0 aliphatic rings. The van der Waals surface area contributed by atoms with Crippen molar-refractivity contribution in [2.45, 2.75) is 0 Å². The Balaban J connectivity index is 2.62. The van der Waals surface area contributed by atoms with Crippen molar-refractivity contribution < 1.29 is 10.2 Å². The fraction of sp³-hybridized carbons (Fsp3) is 0.364. The summed E-state index contributed by atoms with van der Waals surface area (Å²) in [5, 5.41) is 21.9. The van der Waals surface area contributed by atoms with E-state index in [-0.39, 0.29) is 13.2 Å². The smallest absolute Gasteiger partial charge is 0.173 e. The first-order valence-corrected chi connectivity index (χ1v) is 5.99. The zero-order valence-corrected chi connectivity index (χ0v) is 10.8. The normalized spacial score (nSPS) is 10.1. The van der Waals surface area contributed by atoms with Crippen molar-refractivity contribution in [3.63, 3.8) is 0 Å². The van der Waals surface area contributed by atoms with E-state index in [0.29, 0.717) is 23.2 Å². The number of hydrogen-bond acceptors (Lipinski definition) is 3. The van der Waals surface area contributed by atoms with Gasteiger partial charge in [0.25, 0.3) is 0 Å². The van der Waals surface area contributed by atoms with E-state index in [1.165, 1.54) is 0 Å². The van der Waals surface area contributed by atoms with Gasteiger partial charge >= 0.3 is 0 Å². The molecule has 0 radical (unpaired) electrons. The Bertz CT molecular complexity index is 370. The van der Waals surface area contributed by atoms with Crippen LogP contribution in [0.5, 0.6) is 0 Å². The Labute approximate surface area is 111 Å². The maximum absolute atomic E-state index is 8.89. The lowest BCUT2D eigenvalue weighted by molar-refractivity contribution is 0.214. The van der Waals surface area contributed by atoms with Gasteiger partial charge in [0.15, 0.2) is 5.11 Å². The molecule has 0 heterocycles. The minimum absolute atomic E-state index is 0.0165. The van der Waals surface area contributed by atoms with Crippen LogP contribution in [-0.4, -0.2) is 46.5 Å². The zero-order chi connectivity index (χ0) is 12.7. The van der Waals surface area contributed by atoms with Crippen molar-refractivity contribution in [2.75, 3.05) is 31.6 Å². The van der Waals surface area contributed by atoms with E-state index in [4.69, 9.17) is 34.0 Å². The SMILES string of the molecule is OCCN(CCO)C(=S)Nc1cccc(Cl)c1. The van der Waals surface area contributed by atoms with E-state index in [2.05, 4.69) is 5.32 Å². The number of thiocarbonyl (C=S) groups is 1. The molecule has 4 nitrogen and oxygen atoms in total. The first kappa shape index (κ1) is 14.2. The average molecular weight is 275 g/mol. The molecule has 0 atom stereocenters. The zero-order valence-electron chi connectivity index (χ0n) is 9.27. The third kappa shape index (κ3) is 4.87. The average Bonchev–Trinajstić information content (AvgIpc) is 2.28. The van der Waals surface area contributed by atoms with Gasteiger partial charge in [-0.15, -0.1) is 0 Å². The van der Waals surface area contributed by atoms with E-state index in [1.54, 1.807) is 17.0 Å². The molecule has 0 fully saturated rings. The summed E-state index contributed by atoms with van der Waals surface area (Å²) >= 11 is 11.0. The summed E-state index contributed by atoms with van der Waals surface area (Å²) in [6, 6.07) is 7.18. The summed E-state index contributed by atoms with van der Waals surface area (Å²) in [7, 11) is 0. The van der Waals surface area contributed by atoms with E-state index < -0.39 is 0 Å². The molecular formula is C11H15ClN2O2S. The number of halogens is 1. The molecule has 0 unspecified atom stereocenters. The van der Waals surface area contributed by atoms with Crippen LogP contribution in [0.25, 0.3) is 0 Å². The van der Waals surface area contributed by atoms with Gasteiger partial charge in [0.2, 0.25) is 0 Å². The molecule has 3 N–H and O–H groups in total. The van der Waals surface area contributed by atoms with Crippen LogP contribution in [0, 0.1) is 0 Å². The topological polar surface area (TPSA) is 55.7 Å². The minimum atomic E-state index is -0.0165. The van der Waals surface area contributed by atoms with E-state index in [0.717, 1.165) is 5.69 Å². The summed E-state index contributed by atoms with van der Waals surface area (Å²) < 4.78 is 0. The van der Waals surface area contributed by atoms with E-state index >= 15 is 0 Å². The van der Waals surface area contributed by atoms with Crippen LogP contribution in [0.15, 0.2) is 24.3 Å². The highest BCUT2D eigenvalue weighted by Crippen LogP contribution is 2.15. The molecule has 0 bridgehead atoms. The maximum Gasteiger partial charge on any atom is 0.173 e. The van der Waals surface area contributed by atoms with Crippen molar-refractivity contribution in [3.8, 4) is 0 Å². The molecule has 17 heavy (non-hydrogen) atoms. The van der Waals surface area contributed by atoms with Crippen molar-refractivity contribution in [2.24, 2.45) is 0 Å². The van der Waals surface area contributed by atoms with Gasteiger partial charge in [0.05, 0.1) is 13.2 Å². The summed E-state index contributed by atoms with van der Waals surface area (Å²) in [6.07, 6.45) is 0. The van der Waals surface area contributed by atoms with Crippen LogP contribution in [-0.2, 0) is 0 Å². The number of hydrogen-bond donors (Lipinski definition) is 3. The summed E-state index contributed by atoms with van der Waals surface area (Å²) in [6.45, 7) is 0.731. The van der Waals surface area contributed by atoms with E-state index in [9.17, 15) is 0 Å². The third-order valence-corrected chi connectivity index (χ3v) is 2.70. The minimum Gasteiger partial charge on any atom is -0.395 e. The van der Waals surface area contributed by atoms with Crippen molar-refractivity contribution in [1.29, 1.82) is 0 Å². The van der Waals surface area contributed by atoms with Gasteiger partial charge in [-0.2, -0.15) is 0 Å². The molecule has 0 amide bonds. The van der Waals surface area contributed by atoms with Crippen LogP contribution in [0.4, 0.5) is 5.69 Å². The Hall–Kier alpha value is -0.880. The maximum atomic E-state index is 8.89. The van der Waals surface area contributed by atoms with Crippen molar-refractivity contribution in [3.05, 3.63) is 29.3 Å². The molecular weight excluding hydrogens is 260 g/mol. The highest BCUT2D eigenvalue weighted by atomic mass is 35.5. The van der Waals surface area contributed by atoms with Crippen LogP contribution >= 0.6 is 23.8 Å². The lowest BCUT2D eigenvalue weighted by atomic mass is 10.3. The molecule has 1 aromatic carbocycles. The number of nitrogens with zero attached hydrogens (tertiary/aromatic N) is 1. The van der Waals surface area contributed by atoms with Crippen LogP contribution < -0.4 is 5.32 Å². The fourth-order valence-electron chi connectivity index (χ4n) is 1.33. The van der Waals surface area contributed by atoms with Crippen LogP contribution in [0.3, 0.4) is 0 Å². The Kier molecular flexibility index (Phi) is 6.21. The molecule has 0 aliphatic carbocycles. The second-order valence-corrected chi connectivity index (χ2v) is 4.20. The predicted molar refractivity (Wildman–Crippen MR) is 73.4 cm³/mol. The van der Waals surface area contributed by atoms with Crippen molar-refractivity contribution >= 4 is 34.6 Å². The van der Waals surface area contributed by atoms with Gasteiger partial charge in [-0.3, -0.25) is 0 Å². The highest BCUT2D eigenvalue weighted by Gasteiger charge is 2.08. The van der Waals surface area contributed by atoms with Crippen LogP contribution in [0.1, 0.15) is 0 Å². The van der Waals surface area contributed by atoms with Gasteiger partial charge in [-0.25, -0.2) is 0 Å². The third-order valence-electron chi connectivity index (χ3n) is 2.10. The number of aliphatic hydroxyl groups is 2. The predicted octanol–water partition coefficient (Wildman–Crippen LogP) is 1.32. The van der Waals surface area contributed by atoms with E-state index in [1.807, 2.05) is 12.1 Å². The second kappa shape index (κ2) is 7.45. The number of anilines is 1. The van der Waals surface area contributed by atoms with Gasteiger partial charge in [0.1, 0.15) is 0 Å². The summed E-state index contributed by atoms with van der Waals surface area (Å²) in [5.74, 6) is 0. The fourth-order valence-corrected chi connectivity index (χ4v) is 1.82. The molecule has 94 valence electrons. The quantitative estimate of drug-likeness (QED) is 0.707. The number of rotatable bonds is 5. The molecule has 0 aliphatic heterocycles. The van der Waals surface area contributed by atoms with Gasteiger partial charge < -0.3 is 20.4 Å². The summed E-state index contributed by atoms with van der Waals surface area (Å²) in [5.41, 5.74) is 0.781. The summed E-state index contributed by atoms with van der Waals surface area (Å²) in [4.78, 5) is 1.69. The van der Waals surface area contributed by atoms with Gasteiger partial charge in [0, 0.05) is 23.8 Å². The molecule has 1 rings (SSSR count). The number of benzene rings is 1. The Morgan fingerprint density at radius 1 is 1.29 bits per heavy atom. The molecule has 1 aromatic rings. The van der Waals surface area contributed by atoms with Gasteiger partial charge in [-0.1, -0.05) is 17.7 Å². The first-order chi connectivity index (χ1) is 8.17. The highest BCUT2D eigenvalue weighted by molar-refractivity contribution is 7.80. The van der Waals surface area contributed by atoms with Gasteiger partial charge in [-0.05, 0) is 30.4 Å². The standard InChI is InChI=1S/C11H15ClN2O2S/c12-9-2-1-3-10(8-9)13-11(17)14(4-6-15)5-7-16/h1-3,8,15-16H,4-7H2,(H,13,17). The Morgan fingerprint density at radius 2 is 1.94 bits per heavy atom. The number of aliphatic hydroxyl groups excluding tert-OH is 2. The number of nitrogens with one attached hydrogen (secondary N) is 1. The monoisotopic (exact) mass is 274 g/mol. The molecule has 0 saturated heterocycles. The largest absolute Gasteiger partial charge is 0.395 e. The van der Waals surface area contributed by atoms with Crippen molar-refractivity contribution in [1.82, 2.24) is 4.90 Å². The first-order valence-electron chi connectivity index (χ1n) is 5.20. The lowest BCUT2D eigenvalue weighted by Crippen LogP contribution is -2.38. The molecule has 0 aromatic heterocycles. The molecule has 0 saturated carbocycles. The second-order valence-electron chi connectivity index (χ2n) is 3.37. The molecule has 6 heteroatoms. The van der Waals surface area contributed by atoms with Crippen LogP contribution in [0.2, 0.25) is 5.02 Å². The lowest BCUT2D eigenvalue weighted by Gasteiger charge is -2.24. The molecule has 0 spiro atoms. The Morgan fingerprint density at radius 3 is 2.47 bits per heavy atom.